The van der Waals surface area contributed by atoms with Crippen LogP contribution in [0.25, 0.3) is 0 Å². The molecule has 0 saturated carbocycles. The number of hydrogen-bond acceptors (Lipinski definition) is 5. The number of ether oxygens (including phenoxy) is 1. The molecule has 5 nitrogen and oxygen atoms in total. The summed E-state index contributed by atoms with van der Waals surface area (Å²) in [6.45, 7) is 0. The molecule has 1 heterocycles. The van der Waals surface area contributed by atoms with Crippen LogP contribution in [0.4, 0.5) is 5.69 Å². The Bertz CT molecular complexity index is 495. The van der Waals surface area contributed by atoms with Crippen molar-refractivity contribution in [1.29, 1.82) is 0 Å². The Balaban J connectivity index is 2.06. The number of amides is 1. The van der Waals surface area contributed by atoms with E-state index < -0.39 is 5.97 Å². The Morgan fingerprint density at radius 3 is 2.89 bits per heavy atom. The zero-order valence-corrected chi connectivity index (χ0v) is 10.7. The van der Waals surface area contributed by atoms with E-state index in [4.69, 9.17) is 5.73 Å². The topological polar surface area (TPSA) is 81.4 Å². The third-order valence-corrected chi connectivity index (χ3v) is 3.64. The molecule has 18 heavy (non-hydrogen) atoms. The van der Waals surface area contributed by atoms with E-state index in [0.717, 1.165) is 0 Å². The normalized spacial score (nSPS) is 21.9. The molecule has 2 unspecified atom stereocenters. The zero-order chi connectivity index (χ0) is 13.1. The van der Waals surface area contributed by atoms with Crippen LogP contribution in [0.3, 0.4) is 0 Å². The van der Waals surface area contributed by atoms with Crippen LogP contribution in [0.2, 0.25) is 0 Å². The van der Waals surface area contributed by atoms with E-state index in [1.54, 1.807) is 17.5 Å². The van der Waals surface area contributed by atoms with E-state index >= 15 is 0 Å². The van der Waals surface area contributed by atoms with Gasteiger partial charge in [-0.3, -0.25) is 4.79 Å². The molecule has 2 atom stereocenters. The highest BCUT2D eigenvalue weighted by Gasteiger charge is 2.24. The number of hydrogen-bond donors (Lipinski definition) is 2. The van der Waals surface area contributed by atoms with Crippen molar-refractivity contribution in [3.8, 4) is 0 Å². The summed E-state index contributed by atoms with van der Waals surface area (Å²) in [6, 6.07) is 1.62. The lowest BCUT2D eigenvalue weighted by Gasteiger charge is -2.10. The third-order valence-electron chi connectivity index (χ3n) is 2.75. The first kappa shape index (κ1) is 12.8. The number of nitrogens with one attached hydrogen (secondary N) is 1. The van der Waals surface area contributed by atoms with Crippen molar-refractivity contribution in [2.24, 2.45) is 11.7 Å². The first-order valence-electron chi connectivity index (χ1n) is 5.52. The maximum atomic E-state index is 12.0. The van der Waals surface area contributed by atoms with Gasteiger partial charge in [0.1, 0.15) is 4.88 Å². The van der Waals surface area contributed by atoms with Crippen LogP contribution in [0.15, 0.2) is 23.6 Å². The summed E-state index contributed by atoms with van der Waals surface area (Å²) in [5.41, 5.74) is 6.19. The van der Waals surface area contributed by atoms with Gasteiger partial charge in [-0.15, -0.1) is 11.3 Å². The molecule has 0 bridgehead atoms. The summed E-state index contributed by atoms with van der Waals surface area (Å²) >= 11 is 1.24. The summed E-state index contributed by atoms with van der Waals surface area (Å²) < 4.78 is 4.65. The molecule has 1 amide bonds. The monoisotopic (exact) mass is 266 g/mol. The molecule has 0 aliphatic heterocycles. The van der Waals surface area contributed by atoms with Gasteiger partial charge in [0, 0.05) is 6.04 Å². The summed E-state index contributed by atoms with van der Waals surface area (Å²) in [4.78, 5) is 23.8. The molecule has 0 radical (unpaired) electrons. The summed E-state index contributed by atoms with van der Waals surface area (Å²) in [7, 11) is 1.31. The lowest BCUT2D eigenvalue weighted by Crippen LogP contribution is -2.24. The predicted octanol–water partition coefficient (Wildman–Crippen LogP) is 1.38. The van der Waals surface area contributed by atoms with Crippen molar-refractivity contribution in [3.05, 3.63) is 28.5 Å². The predicted molar refractivity (Wildman–Crippen MR) is 69.5 cm³/mol. The van der Waals surface area contributed by atoms with Crippen LogP contribution in [-0.2, 0) is 9.53 Å². The second kappa shape index (κ2) is 5.32. The third kappa shape index (κ3) is 2.60. The van der Waals surface area contributed by atoms with Crippen LogP contribution in [0.5, 0.6) is 0 Å². The fourth-order valence-electron chi connectivity index (χ4n) is 1.81. The Hall–Kier alpha value is -1.66. The number of nitrogens with two attached hydrogens (primary N) is 1. The zero-order valence-electron chi connectivity index (χ0n) is 9.88. The molecule has 96 valence electrons. The van der Waals surface area contributed by atoms with E-state index in [9.17, 15) is 9.59 Å². The minimum Gasteiger partial charge on any atom is -0.465 e. The van der Waals surface area contributed by atoms with Crippen LogP contribution >= 0.6 is 11.3 Å². The van der Waals surface area contributed by atoms with Crippen LogP contribution < -0.4 is 11.1 Å². The molecular weight excluding hydrogens is 252 g/mol. The first-order chi connectivity index (χ1) is 8.61. The fraction of sp³-hybridized carbons (Fsp3) is 0.333. The van der Waals surface area contributed by atoms with Crippen molar-refractivity contribution in [2.75, 3.05) is 12.4 Å². The Kier molecular flexibility index (Phi) is 3.78. The van der Waals surface area contributed by atoms with E-state index in [1.807, 2.05) is 6.08 Å². The van der Waals surface area contributed by atoms with Gasteiger partial charge in [0.25, 0.3) is 0 Å². The Labute approximate surface area is 109 Å². The van der Waals surface area contributed by atoms with Gasteiger partial charge < -0.3 is 15.8 Å². The number of esters is 1. The molecule has 3 N–H and O–H groups in total. The highest BCUT2D eigenvalue weighted by molar-refractivity contribution is 7.12. The van der Waals surface area contributed by atoms with Crippen LogP contribution in [0, 0.1) is 5.92 Å². The lowest BCUT2D eigenvalue weighted by atomic mass is 10.1. The van der Waals surface area contributed by atoms with Gasteiger partial charge >= 0.3 is 5.97 Å². The van der Waals surface area contributed by atoms with Gasteiger partial charge in [-0.05, 0) is 17.9 Å². The van der Waals surface area contributed by atoms with E-state index in [0.29, 0.717) is 17.0 Å². The molecule has 1 aliphatic carbocycles. The molecule has 6 heteroatoms. The van der Waals surface area contributed by atoms with Gasteiger partial charge in [-0.1, -0.05) is 12.2 Å². The average molecular weight is 266 g/mol. The molecule has 1 aromatic rings. The quantitative estimate of drug-likeness (QED) is 0.639. The van der Waals surface area contributed by atoms with Gasteiger partial charge in [0.05, 0.1) is 18.7 Å². The van der Waals surface area contributed by atoms with Crippen LogP contribution in [-0.4, -0.2) is 25.0 Å². The minimum atomic E-state index is -0.445. The van der Waals surface area contributed by atoms with Crippen LogP contribution in [0.1, 0.15) is 16.1 Å². The number of carbonyl (C=O) groups is 2. The maximum absolute atomic E-state index is 12.0. The molecule has 0 aromatic carbocycles. The lowest BCUT2D eigenvalue weighted by molar-refractivity contribution is -0.118. The highest BCUT2D eigenvalue weighted by Crippen LogP contribution is 2.25. The molecule has 1 aliphatic rings. The summed E-state index contributed by atoms with van der Waals surface area (Å²) in [5.74, 6) is -0.827. The minimum absolute atomic E-state index is 0.0664. The standard InChI is InChI=1S/C12H14N2O3S/c1-17-12(16)10-9(4-5-18-10)14-11(15)7-2-3-8(13)6-7/h2-5,7-8H,6,13H2,1H3,(H,14,15). The summed E-state index contributed by atoms with van der Waals surface area (Å²) in [5, 5.41) is 4.47. The second-order valence-electron chi connectivity index (χ2n) is 4.04. The van der Waals surface area contributed by atoms with Crippen molar-refractivity contribution < 1.29 is 14.3 Å². The highest BCUT2D eigenvalue weighted by atomic mass is 32.1. The number of carbonyl (C=O) groups excluding carboxylic acids is 2. The fourth-order valence-corrected chi connectivity index (χ4v) is 2.57. The smallest absolute Gasteiger partial charge is 0.350 e. The molecule has 0 saturated heterocycles. The van der Waals surface area contributed by atoms with Gasteiger partial charge in [0.15, 0.2) is 0 Å². The maximum Gasteiger partial charge on any atom is 0.350 e. The Morgan fingerprint density at radius 1 is 1.50 bits per heavy atom. The van der Waals surface area contributed by atoms with E-state index in [2.05, 4.69) is 10.1 Å². The molecular formula is C12H14N2O3S. The van der Waals surface area contributed by atoms with Gasteiger partial charge in [-0.2, -0.15) is 0 Å². The molecule has 1 aromatic heterocycles. The van der Waals surface area contributed by atoms with E-state index in [1.165, 1.54) is 18.4 Å². The largest absolute Gasteiger partial charge is 0.465 e. The van der Waals surface area contributed by atoms with Gasteiger partial charge in [-0.25, -0.2) is 4.79 Å². The van der Waals surface area contributed by atoms with Crippen molar-refractivity contribution in [2.45, 2.75) is 12.5 Å². The number of methoxy groups -OCH3 is 1. The number of anilines is 1. The number of rotatable bonds is 3. The molecule has 0 spiro atoms. The van der Waals surface area contributed by atoms with Gasteiger partial charge in [0.2, 0.25) is 5.91 Å². The van der Waals surface area contributed by atoms with Crippen molar-refractivity contribution in [3.63, 3.8) is 0 Å². The first-order valence-corrected chi connectivity index (χ1v) is 6.40. The average Bonchev–Trinajstić information content (AvgIpc) is 2.97. The molecule has 2 rings (SSSR count). The SMILES string of the molecule is COC(=O)c1sccc1NC(=O)C1C=CC(N)C1. The number of thiophene rings is 1. The second-order valence-corrected chi connectivity index (χ2v) is 4.95. The van der Waals surface area contributed by atoms with Crippen molar-refractivity contribution >= 4 is 28.9 Å². The molecule has 0 fully saturated rings. The van der Waals surface area contributed by atoms with E-state index in [-0.39, 0.29) is 17.9 Å². The Morgan fingerprint density at radius 2 is 2.28 bits per heavy atom. The van der Waals surface area contributed by atoms with Crippen molar-refractivity contribution in [1.82, 2.24) is 0 Å². The summed E-state index contributed by atoms with van der Waals surface area (Å²) in [6.07, 6.45) is 4.22.